The van der Waals surface area contributed by atoms with Gasteiger partial charge in [0.1, 0.15) is 11.5 Å². The van der Waals surface area contributed by atoms with E-state index in [1.807, 2.05) is 17.5 Å². The van der Waals surface area contributed by atoms with Crippen LogP contribution in [0.25, 0.3) is 11.5 Å². The van der Waals surface area contributed by atoms with Gasteiger partial charge in [-0.3, -0.25) is 0 Å². The number of aromatic nitrogens is 1. The highest BCUT2D eigenvalue weighted by Gasteiger charge is 2.09. The minimum atomic E-state index is -0.0262. The van der Waals surface area contributed by atoms with Gasteiger partial charge in [0.05, 0.1) is 6.54 Å². The minimum Gasteiger partial charge on any atom is -0.458 e. The van der Waals surface area contributed by atoms with Crippen LogP contribution in [0.5, 0.6) is 0 Å². The molecule has 0 aliphatic rings. The van der Waals surface area contributed by atoms with Gasteiger partial charge in [-0.1, -0.05) is 0 Å². The molecule has 0 amide bonds. The Kier molecular flexibility index (Phi) is 3.97. The van der Waals surface area contributed by atoms with E-state index in [4.69, 9.17) is 33.8 Å². The summed E-state index contributed by atoms with van der Waals surface area (Å²) in [7, 11) is 0. The molecule has 19 heavy (non-hydrogen) atoms. The van der Waals surface area contributed by atoms with E-state index in [0.717, 1.165) is 0 Å². The molecule has 7 N–H and O–H groups in total. The standard InChI is InChI=1S/C10H12N6OS2/c11-8(12)16-10-15-6(4-19-10)7-2-1-5(17-7)3-14-9(13)18/h1-2,4H,3H2,(H3,13,14,18)(H4,11,12,15,16). The average Bonchev–Trinajstić information content (AvgIpc) is 2.93. The third-order valence-electron chi connectivity index (χ3n) is 2.07. The Bertz CT molecular complexity index is 613. The molecule has 0 spiro atoms. The van der Waals surface area contributed by atoms with Crippen LogP contribution in [-0.2, 0) is 6.54 Å². The topological polar surface area (TPSA) is 128 Å². The van der Waals surface area contributed by atoms with Crippen molar-refractivity contribution in [1.82, 2.24) is 10.3 Å². The largest absolute Gasteiger partial charge is 0.458 e. The first kappa shape index (κ1) is 13.3. The van der Waals surface area contributed by atoms with Crippen LogP contribution in [0.1, 0.15) is 5.76 Å². The third kappa shape index (κ3) is 3.66. The molecule has 100 valence electrons. The number of nitrogens with two attached hydrogens (primary N) is 3. The second kappa shape index (κ2) is 5.67. The molecule has 0 bridgehead atoms. The van der Waals surface area contributed by atoms with E-state index in [0.29, 0.717) is 28.9 Å². The Morgan fingerprint density at radius 3 is 2.89 bits per heavy atom. The lowest BCUT2D eigenvalue weighted by atomic mass is 10.3. The van der Waals surface area contributed by atoms with E-state index in [1.165, 1.54) is 11.3 Å². The van der Waals surface area contributed by atoms with Gasteiger partial charge >= 0.3 is 0 Å². The SMILES string of the molecule is NC(=S)NCc1ccc(-c2csc(N=C(N)N)n2)o1. The van der Waals surface area contributed by atoms with Crippen LogP contribution in [0.3, 0.4) is 0 Å². The van der Waals surface area contributed by atoms with E-state index in [2.05, 4.69) is 15.3 Å². The molecule has 2 aromatic heterocycles. The molecule has 7 nitrogen and oxygen atoms in total. The predicted octanol–water partition coefficient (Wildman–Crippen LogP) is 0.641. The van der Waals surface area contributed by atoms with Gasteiger partial charge in [-0.05, 0) is 24.4 Å². The molecule has 0 aromatic carbocycles. The van der Waals surface area contributed by atoms with E-state index in [9.17, 15) is 0 Å². The molecule has 0 unspecified atom stereocenters. The first-order valence-electron chi connectivity index (χ1n) is 5.22. The Morgan fingerprint density at radius 2 is 2.21 bits per heavy atom. The summed E-state index contributed by atoms with van der Waals surface area (Å²) < 4.78 is 5.59. The molecule has 0 saturated heterocycles. The number of thiazole rings is 1. The second-order valence-corrected chi connectivity index (χ2v) is 4.81. The van der Waals surface area contributed by atoms with Crippen molar-refractivity contribution in [3.63, 3.8) is 0 Å². The number of aliphatic imine (C=N–C) groups is 1. The fraction of sp³-hybridized carbons (Fsp3) is 0.100. The normalized spacial score (nSPS) is 10.1. The molecule has 2 heterocycles. The lowest BCUT2D eigenvalue weighted by Gasteiger charge is -1.99. The zero-order chi connectivity index (χ0) is 13.8. The Labute approximate surface area is 118 Å². The predicted molar refractivity (Wildman–Crippen MR) is 78.9 cm³/mol. The highest BCUT2D eigenvalue weighted by atomic mass is 32.1. The highest BCUT2D eigenvalue weighted by Crippen LogP contribution is 2.27. The highest BCUT2D eigenvalue weighted by molar-refractivity contribution is 7.80. The van der Waals surface area contributed by atoms with Gasteiger partial charge in [-0.15, -0.1) is 11.3 Å². The van der Waals surface area contributed by atoms with Crippen molar-refractivity contribution in [2.45, 2.75) is 6.54 Å². The van der Waals surface area contributed by atoms with Crippen molar-refractivity contribution >= 4 is 39.8 Å². The average molecular weight is 296 g/mol. The Balaban J connectivity index is 2.12. The number of thiocarbonyl (C=S) groups is 1. The number of furan rings is 1. The van der Waals surface area contributed by atoms with E-state index < -0.39 is 0 Å². The van der Waals surface area contributed by atoms with Crippen LogP contribution < -0.4 is 22.5 Å². The maximum atomic E-state index is 5.59. The molecular weight excluding hydrogens is 284 g/mol. The summed E-state index contributed by atoms with van der Waals surface area (Å²) in [5.41, 5.74) is 16.6. The molecule has 0 aliphatic heterocycles. The smallest absolute Gasteiger partial charge is 0.212 e. The number of hydrogen-bond donors (Lipinski definition) is 4. The fourth-order valence-electron chi connectivity index (χ4n) is 1.32. The quantitative estimate of drug-likeness (QED) is 0.370. The minimum absolute atomic E-state index is 0.0262. The van der Waals surface area contributed by atoms with Crippen molar-refractivity contribution in [3.05, 3.63) is 23.3 Å². The van der Waals surface area contributed by atoms with Gasteiger partial charge in [0.15, 0.2) is 16.8 Å². The molecule has 0 saturated carbocycles. The molecule has 0 aliphatic carbocycles. The van der Waals surface area contributed by atoms with Gasteiger partial charge in [0.25, 0.3) is 0 Å². The molecular formula is C10H12N6OS2. The fourth-order valence-corrected chi connectivity index (χ4v) is 2.09. The maximum Gasteiger partial charge on any atom is 0.212 e. The summed E-state index contributed by atoms with van der Waals surface area (Å²) in [6.45, 7) is 0.431. The maximum absolute atomic E-state index is 5.59. The molecule has 0 atom stereocenters. The van der Waals surface area contributed by atoms with Gasteiger partial charge in [0, 0.05) is 5.38 Å². The van der Waals surface area contributed by atoms with Crippen LogP contribution in [0, 0.1) is 0 Å². The Hall–Kier alpha value is -2.13. The van der Waals surface area contributed by atoms with Crippen molar-refractivity contribution in [3.8, 4) is 11.5 Å². The van der Waals surface area contributed by atoms with Crippen molar-refractivity contribution in [2.75, 3.05) is 0 Å². The number of guanidine groups is 1. The molecule has 2 aromatic rings. The van der Waals surface area contributed by atoms with Crippen molar-refractivity contribution in [2.24, 2.45) is 22.2 Å². The van der Waals surface area contributed by atoms with Crippen LogP contribution in [0.4, 0.5) is 5.13 Å². The van der Waals surface area contributed by atoms with Crippen LogP contribution in [0.2, 0.25) is 0 Å². The lowest BCUT2D eigenvalue weighted by molar-refractivity contribution is 0.514. The second-order valence-electron chi connectivity index (χ2n) is 3.54. The van der Waals surface area contributed by atoms with E-state index >= 15 is 0 Å². The summed E-state index contributed by atoms with van der Waals surface area (Å²) in [5.74, 6) is 1.31. The monoisotopic (exact) mass is 296 g/mol. The molecule has 0 radical (unpaired) electrons. The zero-order valence-corrected chi connectivity index (χ0v) is 11.4. The summed E-state index contributed by atoms with van der Waals surface area (Å²) in [5, 5.41) is 5.32. The molecule has 0 fully saturated rings. The van der Waals surface area contributed by atoms with Crippen LogP contribution in [0.15, 0.2) is 26.9 Å². The summed E-state index contributed by atoms with van der Waals surface area (Å²) >= 11 is 6.04. The first-order valence-corrected chi connectivity index (χ1v) is 6.51. The van der Waals surface area contributed by atoms with Gasteiger partial charge < -0.3 is 26.9 Å². The zero-order valence-electron chi connectivity index (χ0n) is 9.79. The molecule has 2 rings (SSSR count). The number of rotatable bonds is 4. The number of nitrogens with one attached hydrogen (secondary N) is 1. The number of hydrogen-bond acceptors (Lipinski definition) is 5. The van der Waals surface area contributed by atoms with Crippen molar-refractivity contribution < 1.29 is 4.42 Å². The van der Waals surface area contributed by atoms with E-state index in [-0.39, 0.29) is 11.1 Å². The van der Waals surface area contributed by atoms with Crippen LogP contribution in [-0.4, -0.2) is 16.1 Å². The van der Waals surface area contributed by atoms with E-state index in [1.54, 1.807) is 0 Å². The first-order chi connectivity index (χ1) is 9.04. The van der Waals surface area contributed by atoms with Crippen molar-refractivity contribution in [1.29, 1.82) is 0 Å². The molecule has 9 heteroatoms. The van der Waals surface area contributed by atoms with Gasteiger partial charge in [0.2, 0.25) is 5.13 Å². The third-order valence-corrected chi connectivity index (χ3v) is 2.95. The summed E-state index contributed by atoms with van der Waals surface area (Å²) in [6.07, 6.45) is 0. The number of nitrogens with zero attached hydrogens (tertiary/aromatic N) is 2. The summed E-state index contributed by atoms with van der Waals surface area (Å²) in [6, 6.07) is 3.63. The summed E-state index contributed by atoms with van der Waals surface area (Å²) in [4.78, 5) is 8.10. The van der Waals surface area contributed by atoms with Crippen LogP contribution >= 0.6 is 23.6 Å². The lowest BCUT2D eigenvalue weighted by Crippen LogP contribution is -2.28. The van der Waals surface area contributed by atoms with Gasteiger partial charge in [-0.25, -0.2) is 4.98 Å². The Morgan fingerprint density at radius 1 is 1.42 bits per heavy atom. The van der Waals surface area contributed by atoms with Gasteiger partial charge in [-0.2, -0.15) is 4.99 Å².